The molecule has 1 aliphatic carbocycles. The fraction of sp³-hybridized carbons (Fsp3) is 1.00. The van der Waals surface area contributed by atoms with Gasteiger partial charge in [0.1, 0.15) is 0 Å². The lowest BCUT2D eigenvalue weighted by atomic mass is 10.0. The van der Waals surface area contributed by atoms with Crippen molar-refractivity contribution < 1.29 is 4.74 Å². The first-order chi connectivity index (χ1) is 7.73. The number of likely N-dealkylation sites (N-methyl/N-ethyl adjacent to an activating group) is 1. The van der Waals surface area contributed by atoms with Gasteiger partial charge in [-0.15, -0.1) is 0 Å². The van der Waals surface area contributed by atoms with Crippen LogP contribution in [0, 0.1) is 5.41 Å². The van der Waals surface area contributed by atoms with E-state index in [4.69, 9.17) is 4.74 Å². The summed E-state index contributed by atoms with van der Waals surface area (Å²) in [6.07, 6.45) is 2.74. The molecular formula is C13H26N2O. The normalized spacial score (nSPS) is 24.8. The predicted octanol–water partition coefficient (Wildman–Crippen LogP) is 1.44. The number of ether oxygens (including phenoxy) is 1. The van der Waals surface area contributed by atoms with Crippen molar-refractivity contribution in [2.75, 3.05) is 46.4 Å². The topological polar surface area (TPSA) is 15.7 Å². The third kappa shape index (κ3) is 2.58. The smallest absolute Gasteiger partial charge is 0.0530 e. The Morgan fingerprint density at radius 2 is 1.88 bits per heavy atom. The molecule has 0 amide bonds. The first-order valence-electron chi connectivity index (χ1n) is 6.68. The van der Waals surface area contributed by atoms with E-state index >= 15 is 0 Å². The zero-order valence-corrected chi connectivity index (χ0v) is 11.0. The third-order valence-electron chi connectivity index (χ3n) is 4.23. The lowest BCUT2D eigenvalue weighted by molar-refractivity contribution is 0.0124. The number of methoxy groups -OCH3 is 1. The van der Waals surface area contributed by atoms with Crippen molar-refractivity contribution in [1.82, 2.24) is 9.80 Å². The zero-order chi connectivity index (χ0) is 11.6. The number of nitrogens with zero attached hydrogens (tertiary/aromatic N) is 2. The lowest BCUT2D eigenvalue weighted by Crippen LogP contribution is -2.60. The van der Waals surface area contributed by atoms with Crippen molar-refractivity contribution in [3.05, 3.63) is 0 Å². The molecular weight excluding hydrogens is 200 g/mol. The second kappa shape index (κ2) is 5.03. The van der Waals surface area contributed by atoms with Crippen LogP contribution in [0.5, 0.6) is 0 Å². The van der Waals surface area contributed by atoms with Crippen LogP contribution in [0.4, 0.5) is 0 Å². The zero-order valence-electron chi connectivity index (χ0n) is 11.0. The van der Waals surface area contributed by atoms with Crippen molar-refractivity contribution in [1.29, 1.82) is 0 Å². The Morgan fingerprint density at radius 3 is 2.31 bits per heavy atom. The molecule has 0 unspecified atom stereocenters. The summed E-state index contributed by atoms with van der Waals surface area (Å²) in [5, 5.41) is 0. The van der Waals surface area contributed by atoms with Crippen LogP contribution in [-0.4, -0.2) is 62.3 Å². The average molecular weight is 226 g/mol. The highest BCUT2D eigenvalue weighted by atomic mass is 16.5. The molecule has 1 heterocycles. The summed E-state index contributed by atoms with van der Waals surface area (Å²) in [5.74, 6) is 0. The van der Waals surface area contributed by atoms with Crippen molar-refractivity contribution >= 4 is 0 Å². The highest BCUT2D eigenvalue weighted by molar-refractivity contribution is 4.99. The highest BCUT2D eigenvalue weighted by Gasteiger charge is 2.46. The monoisotopic (exact) mass is 226 g/mol. The fourth-order valence-corrected chi connectivity index (χ4v) is 2.95. The molecule has 3 heteroatoms. The molecule has 2 rings (SSSR count). The van der Waals surface area contributed by atoms with Crippen molar-refractivity contribution in [3.8, 4) is 0 Å². The summed E-state index contributed by atoms with van der Waals surface area (Å²) in [6, 6.07) is 0.813. The van der Waals surface area contributed by atoms with Crippen molar-refractivity contribution in [3.63, 3.8) is 0 Å². The lowest BCUT2D eigenvalue weighted by Gasteiger charge is -2.46. The van der Waals surface area contributed by atoms with E-state index in [-0.39, 0.29) is 0 Å². The van der Waals surface area contributed by atoms with Crippen molar-refractivity contribution in [2.45, 2.75) is 32.7 Å². The molecule has 1 saturated heterocycles. The van der Waals surface area contributed by atoms with Crippen LogP contribution in [0.2, 0.25) is 0 Å². The van der Waals surface area contributed by atoms with Gasteiger partial charge < -0.3 is 4.74 Å². The Balaban J connectivity index is 1.68. The van der Waals surface area contributed by atoms with Crippen LogP contribution < -0.4 is 0 Å². The van der Waals surface area contributed by atoms with Crippen LogP contribution in [0.25, 0.3) is 0 Å². The number of hydrogen-bond acceptors (Lipinski definition) is 3. The van der Waals surface area contributed by atoms with Gasteiger partial charge in [0.2, 0.25) is 0 Å². The molecule has 2 aliphatic rings. The summed E-state index contributed by atoms with van der Waals surface area (Å²) in [6.45, 7) is 11.7. The second-order valence-electron chi connectivity index (χ2n) is 5.50. The summed E-state index contributed by atoms with van der Waals surface area (Å²) in [7, 11) is 1.83. The molecule has 0 N–H and O–H groups in total. The summed E-state index contributed by atoms with van der Waals surface area (Å²) in [5.41, 5.74) is 0.531. The van der Waals surface area contributed by atoms with Gasteiger partial charge in [-0.3, -0.25) is 9.80 Å². The highest BCUT2D eigenvalue weighted by Crippen LogP contribution is 2.47. The predicted molar refractivity (Wildman–Crippen MR) is 66.7 cm³/mol. The van der Waals surface area contributed by atoms with Gasteiger partial charge in [0.05, 0.1) is 6.61 Å². The van der Waals surface area contributed by atoms with Gasteiger partial charge >= 0.3 is 0 Å². The van der Waals surface area contributed by atoms with Crippen LogP contribution >= 0.6 is 0 Å². The van der Waals surface area contributed by atoms with E-state index in [1.54, 1.807) is 0 Å². The van der Waals surface area contributed by atoms with Crippen molar-refractivity contribution in [2.24, 2.45) is 5.41 Å². The quantitative estimate of drug-likeness (QED) is 0.653. The van der Waals surface area contributed by atoms with E-state index in [1.165, 1.54) is 45.6 Å². The molecule has 94 valence electrons. The minimum absolute atomic E-state index is 0.531. The summed E-state index contributed by atoms with van der Waals surface area (Å²) >= 11 is 0. The Morgan fingerprint density at radius 1 is 1.25 bits per heavy atom. The SMILES string of the molecule is CCN(CC)C1CN(CC2(COC)CC2)C1. The Kier molecular flexibility index (Phi) is 3.88. The Bertz CT molecular complexity index is 218. The van der Waals surface area contributed by atoms with Gasteiger partial charge in [-0.2, -0.15) is 0 Å². The Labute approximate surface area is 99.7 Å². The maximum atomic E-state index is 5.32. The maximum Gasteiger partial charge on any atom is 0.0530 e. The molecule has 0 aromatic rings. The number of hydrogen-bond donors (Lipinski definition) is 0. The standard InChI is InChI=1S/C13H26N2O/c1-4-15(5-2)12-8-14(9-12)10-13(6-7-13)11-16-3/h12H,4-11H2,1-3H3. The molecule has 0 aromatic heterocycles. The second-order valence-corrected chi connectivity index (χ2v) is 5.50. The van der Waals surface area contributed by atoms with E-state index in [0.29, 0.717) is 5.41 Å². The van der Waals surface area contributed by atoms with Gasteiger partial charge in [0, 0.05) is 38.2 Å². The molecule has 0 aromatic carbocycles. The van der Waals surface area contributed by atoms with Crippen LogP contribution in [0.1, 0.15) is 26.7 Å². The molecule has 0 bridgehead atoms. The van der Waals surface area contributed by atoms with Crippen LogP contribution in [0.15, 0.2) is 0 Å². The van der Waals surface area contributed by atoms with Gasteiger partial charge in [-0.1, -0.05) is 13.8 Å². The molecule has 1 aliphatic heterocycles. The van der Waals surface area contributed by atoms with E-state index in [9.17, 15) is 0 Å². The van der Waals surface area contributed by atoms with Gasteiger partial charge in [0.25, 0.3) is 0 Å². The molecule has 16 heavy (non-hydrogen) atoms. The van der Waals surface area contributed by atoms with Crippen LogP contribution in [0.3, 0.4) is 0 Å². The maximum absolute atomic E-state index is 5.32. The minimum Gasteiger partial charge on any atom is -0.384 e. The van der Waals surface area contributed by atoms with E-state index < -0.39 is 0 Å². The van der Waals surface area contributed by atoms with E-state index in [1.807, 2.05) is 7.11 Å². The summed E-state index contributed by atoms with van der Waals surface area (Å²) < 4.78 is 5.32. The largest absolute Gasteiger partial charge is 0.384 e. The fourth-order valence-electron chi connectivity index (χ4n) is 2.95. The van der Waals surface area contributed by atoms with E-state index in [2.05, 4.69) is 23.6 Å². The number of rotatable bonds is 7. The van der Waals surface area contributed by atoms with Gasteiger partial charge in [-0.25, -0.2) is 0 Å². The molecule has 3 nitrogen and oxygen atoms in total. The molecule has 1 saturated carbocycles. The molecule has 0 radical (unpaired) electrons. The average Bonchev–Trinajstić information content (AvgIpc) is 2.97. The molecule has 0 atom stereocenters. The summed E-state index contributed by atoms with van der Waals surface area (Å²) in [4.78, 5) is 5.18. The first-order valence-corrected chi connectivity index (χ1v) is 6.68. The minimum atomic E-state index is 0.531. The van der Waals surface area contributed by atoms with E-state index in [0.717, 1.165) is 12.6 Å². The molecule has 0 spiro atoms. The molecule has 2 fully saturated rings. The Hall–Kier alpha value is -0.120. The third-order valence-corrected chi connectivity index (χ3v) is 4.23. The van der Waals surface area contributed by atoms with Gasteiger partial charge in [0.15, 0.2) is 0 Å². The number of likely N-dealkylation sites (tertiary alicyclic amines) is 1. The van der Waals surface area contributed by atoms with Gasteiger partial charge in [-0.05, 0) is 25.9 Å². The van der Waals surface area contributed by atoms with Crippen LogP contribution in [-0.2, 0) is 4.74 Å². The first kappa shape index (κ1) is 12.3.